The van der Waals surface area contributed by atoms with Gasteiger partial charge in [-0.3, -0.25) is 4.79 Å². The maximum absolute atomic E-state index is 12.7. The standard InChI is InChI=1S/C21H31NO4S/c23-15-14-20(16-6-2-1-3-7-16)22-21(24)17-10-12-19(13-11-17)27(25,26)18-8-4-5-9-18/h10-13,16,18,20,23H,1-9,14-15H2,(H,22,24). The predicted octanol–water partition coefficient (Wildman–Crippen LogP) is 3.46. The van der Waals surface area contributed by atoms with Crippen LogP contribution in [0.15, 0.2) is 29.2 Å². The lowest BCUT2D eigenvalue weighted by molar-refractivity contribution is 0.0899. The summed E-state index contributed by atoms with van der Waals surface area (Å²) in [6.07, 6.45) is 9.73. The second-order valence-corrected chi connectivity index (χ2v) is 10.2. The summed E-state index contributed by atoms with van der Waals surface area (Å²) < 4.78 is 25.3. The van der Waals surface area contributed by atoms with Crippen LogP contribution in [0.1, 0.15) is 74.6 Å². The minimum Gasteiger partial charge on any atom is -0.396 e. The Hall–Kier alpha value is -1.40. The number of aliphatic hydroxyl groups excluding tert-OH is 1. The Morgan fingerprint density at radius 2 is 1.59 bits per heavy atom. The van der Waals surface area contributed by atoms with E-state index in [9.17, 15) is 18.3 Å². The van der Waals surface area contributed by atoms with Crippen LogP contribution in [0.5, 0.6) is 0 Å². The second-order valence-electron chi connectivity index (χ2n) is 7.97. The van der Waals surface area contributed by atoms with Gasteiger partial charge in [0.1, 0.15) is 0 Å². The Morgan fingerprint density at radius 3 is 2.19 bits per heavy atom. The molecule has 1 unspecified atom stereocenters. The monoisotopic (exact) mass is 393 g/mol. The minimum atomic E-state index is -3.29. The average molecular weight is 394 g/mol. The largest absolute Gasteiger partial charge is 0.396 e. The molecule has 0 aromatic heterocycles. The van der Waals surface area contributed by atoms with Crippen LogP contribution < -0.4 is 5.32 Å². The molecule has 3 rings (SSSR count). The summed E-state index contributed by atoms with van der Waals surface area (Å²) in [6.45, 7) is 0.0556. The summed E-state index contributed by atoms with van der Waals surface area (Å²) in [7, 11) is -3.29. The molecular formula is C21H31NO4S. The zero-order valence-corrected chi connectivity index (χ0v) is 16.7. The highest BCUT2D eigenvalue weighted by molar-refractivity contribution is 7.92. The third-order valence-corrected chi connectivity index (χ3v) is 8.44. The van der Waals surface area contributed by atoms with Crippen LogP contribution in [0.3, 0.4) is 0 Å². The molecule has 1 aromatic carbocycles. The van der Waals surface area contributed by atoms with E-state index in [1.165, 1.54) is 19.3 Å². The zero-order chi connectivity index (χ0) is 19.3. The van der Waals surface area contributed by atoms with Gasteiger partial charge in [-0.25, -0.2) is 8.42 Å². The first-order valence-electron chi connectivity index (χ1n) is 10.3. The van der Waals surface area contributed by atoms with Gasteiger partial charge in [0, 0.05) is 18.2 Å². The molecule has 0 saturated heterocycles. The number of amides is 1. The number of sulfone groups is 1. The molecule has 1 atom stereocenters. The van der Waals surface area contributed by atoms with E-state index in [-0.39, 0.29) is 23.8 Å². The number of nitrogens with one attached hydrogen (secondary N) is 1. The van der Waals surface area contributed by atoms with Gasteiger partial charge in [0.05, 0.1) is 10.1 Å². The van der Waals surface area contributed by atoms with Gasteiger partial charge in [-0.15, -0.1) is 0 Å². The van der Waals surface area contributed by atoms with Crippen LogP contribution in [-0.2, 0) is 9.84 Å². The van der Waals surface area contributed by atoms with Gasteiger partial charge in [-0.05, 0) is 62.3 Å². The Balaban J connectivity index is 1.67. The van der Waals surface area contributed by atoms with E-state index in [4.69, 9.17) is 0 Å². The lowest BCUT2D eigenvalue weighted by atomic mass is 9.82. The Bertz CT molecular complexity index is 717. The number of carbonyl (C=O) groups is 1. The smallest absolute Gasteiger partial charge is 0.251 e. The number of hydrogen-bond donors (Lipinski definition) is 2. The normalized spacial score (nSPS) is 20.5. The van der Waals surface area contributed by atoms with Crippen molar-refractivity contribution in [3.05, 3.63) is 29.8 Å². The van der Waals surface area contributed by atoms with Gasteiger partial charge < -0.3 is 10.4 Å². The average Bonchev–Trinajstić information content (AvgIpc) is 3.24. The lowest BCUT2D eigenvalue weighted by Gasteiger charge is -2.30. The molecular weight excluding hydrogens is 362 g/mol. The van der Waals surface area contributed by atoms with E-state index in [0.717, 1.165) is 38.5 Å². The van der Waals surface area contributed by atoms with E-state index in [1.807, 2.05) is 0 Å². The fraction of sp³-hybridized carbons (Fsp3) is 0.667. The molecule has 27 heavy (non-hydrogen) atoms. The van der Waals surface area contributed by atoms with Crippen LogP contribution >= 0.6 is 0 Å². The SMILES string of the molecule is O=C(NC(CCO)C1CCCCC1)c1ccc(S(=O)(=O)C2CCCC2)cc1. The molecule has 150 valence electrons. The first-order valence-corrected chi connectivity index (χ1v) is 11.8. The first kappa shape index (κ1) is 20.3. The zero-order valence-electron chi connectivity index (χ0n) is 15.9. The van der Waals surface area contributed by atoms with E-state index in [1.54, 1.807) is 24.3 Å². The van der Waals surface area contributed by atoms with Crippen molar-refractivity contribution in [1.29, 1.82) is 0 Å². The Labute approximate surface area is 162 Å². The number of hydrogen-bond acceptors (Lipinski definition) is 4. The molecule has 2 fully saturated rings. The molecule has 0 radical (unpaired) electrons. The van der Waals surface area contributed by atoms with Gasteiger partial charge in [-0.2, -0.15) is 0 Å². The summed E-state index contributed by atoms with van der Waals surface area (Å²) in [5, 5.41) is 12.2. The van der Waals surface area contributed by atoms with Crippen LogP contribution in [0.4, 0.5) is 0 Å². The van der Waals surface area contributed by atoms with Gasteiger partial charge >= 0.3 is 0 Å². The number of aliphatic hydroxyl groups is 1. The Morgan fingerprint density at radius 1 is 1.00 bits per heavy atom. The summed E-state index contributed by atoms with van der Waals surface area (Å²) >= 11 is 0. The van der Waals surface area contributed by atoms with E-state index < -0.39 is 9.84 Å². The third-order valence-electron chi connectivity index (χ3n) is 6.16. The highest BCUT2D eigenvalue weighted by Crippen LogP contribution is 2.30. The van der Waals surface area contributed by atoms with Crippen molar-refractivity contribution in [2.75, 3.05) is 6.61 Å². The van der Waals surface area contributed by atoms with Crippen molar-refractivity contribution in [1.82, 2.24) is 5.32 Å². The highest BCUT2D eigenvalue weighted by atomic mass is 32.2. The van der Waals surface area contributed by atoms with Crippen molar-refractivity contribution in [3.63, 3.8) is 0 Å². The van der Waals surface area contributed by atoms with Crippen molar-refractivity contribution in [2.45, 2.75) is 80.4 Å². The van der Waals surface area contributed by atoms with Crippen LogP contribution in [0.2, 0.25) is 0 Å². The number of rotatable bonds is 7. The molecule has 2 aliphatic rings. The summed E-state index contributed by atoms with van der Waals surface area (Å²) in [6, 6.07) is 6.31. The van der Waals surface area contributed by atoms with Gasteiger partial charge in [0.15, 0.2) is 9.84 Å². The van der Waals surface area contributed by atoms with Gasteiger partial charge in [0.25, 0.3) is 5.91 Å². The van der Waals surface area contributed by atoms with Crippen molar-refractivity contribution in [3.8, 4) is 0 Å². The van der Waals surface area contributed by atoms with Crippen LogP contribution in [0.25, 0.3) is 0 Å². The van der Waals surface area contributed by atoms with Gasteiger partial charge in [-0.1, -0.05) is 32.1 Å². The van der Waals surface area contributed by atoms with Crippen molar-refractivity contribution >= 4 is 15.7 Å². The first-order chi connectivity index (χ1) is 13.0. The third kappa shape index (κ3) is 4.91. The number of carbonyl (C=O) groups excluding carboxylic acids is 1. The molecule has 0 bridgehead atoms. The molecule has 2 saturated carbocycles. The highest BCUT2D eigenvalue weighted by Gasteiger charge is 2.30. The molecule has 0 aliphatic heterocycles. The fourth-order valence-electron chi connectivity index (χ4n) is 4.54. The lowest BCUT2D eigenvalue weighted by Crippen LogP contribution is -2.41. The van der Waals surface area contributed by atoms with E-state index in [0.29, 0.717) is 22.8 Å². The van der Waals surface area contributed by atoms with E-state index in [2.05, 4.69) is 5.32 Å². The summed E-state index contributed by atoms with van der Waals surface area (Å²) in [5.41, 5.74) is 0.471. The second kappa shape index (κ2) is 9.20. The molecule has 2 N–H and O–H groups in total. The molecule has 6 heteroatoms. The maximum atomic E-state index is 12.7. The molecule has 1 aromatic rings. The fourth-order valence-corrected chi connectivity index (χ4v) is 6.39. The van der Waals surface area contributed by atoms with E-state index >= 15 is 0 Å². The topological polar surface area (TPSA) is 83.5 Å². The molecule has 1 amide bonds. The summed E-state index contributed by atoms with van der Waals surface area (Å²) in [5.74, 6) is 0.223. The maximum Gasteiger partial charge on any atom is 0.251 e. The quantitative estimate of drug-likeness (QED) is 0.743. The molecule has 0 heterocycles. The number of benzene rings is 1. The summed E-state index contributed by atoms with van der Waals surface area (Å²) in [4.78, 5) is 13.0. The Kier molecular flexibility index (Phi) is 6.93. The van der Waals surface area contributed by atoms with Crippen molar-refractivity contribution in [2.24, 2.45) is 5.92 Å². The predicted molar refractivity (Wildman–Crippen MR) is 105 cm³/mol. The molecule has 0 spiro atoms. The van der Waals surface area contributed by atoms with Crippen molar-refractivity contribution < 1.29 is 18.3 Å². The molecule has 2 aliphatic carbocycles. The van der Waals surface area contributed by atoms with Gasteiger partial charge in [0.2, 0.25) is 0 Å². The van der Waals surface area contributed by atoms with Crippen LogP contribution in [0, 0.1) is 5.92 Å². The van der Waals surface area contributed by atoms with Crippen LogP contribution in [-0.4, -0.2) is 37.3 Å². The molecule has 5 nitrogen and oxygen atoms in total. The minimum absolute atomic E-state index is 0.0234.